The van der Waals surface area contributed by atoms with E-state index in [1.165, 1.54) is 16.6 Å². The van der Waals surface area contributed by atoms with E-state index in [0.717, 1.165) is 5.56 Å². The average molecular weight is 444 g/mol. The number of benzene rings is 1. The van der Waals surface area contributed by atoms with E-state index in [0.29, 0.717) is 18.5 Å². The topological polar surface area (TPSA) is 121 Å². The van der Waals surface area contributed by atoms with Crippen molar-refractivity contribution in [1.29, 1.82) is 0 Å². The molecule has 1 aromatic heterocycles. The number of carbonyl (C=O) groups excluding carboxylic acids is 2. The summed E-state index contributed by atoms with van der Waals surface area (Å²) in [6.45, 7) is 5.86. The van der Waals surface area contributed by atoms with Crippen LogP contribution in [-0.4, -0.2) is 73.8 Å². The summed E-state index contributed by atoms with van der Waals surface area (Å²) in [5, 5.41) is 31.5. The molecule has 1 aromatic carbocycles. The number of likely N-dealkylation sites (N-methyl/N-ethyl adjacent to an activating group) is 1. The van der Waals surface area contributed by atoms with Crippen molar-refractivity contribution >= 4 is 11.8 Å². The van der Waals surface area contributed by atoms with Crippen LogP contribution in [0.4, 0.5) is 0 Å². The van der Waals surface area contributed by atoms with Gasteiger partial charge in [-0.25, -0.2) is 4.68 Å². The number of hydrogen-bond donors (Lipinski definition) is 3. The first kappa shape index (κ1) is 23.9. The van der Waals surface area contributed by atoms with Crippen LogP contribution < -0.4 is 5.32 Å². The van der Waals surface area contributed by atoms with Gasteiger partial charge >= 0.3 is 0 Å². The van der Waals surface area contributed by atoms with Crippen LogP contribution in [0.5, 0.6) is 0 Å². The molecule has 0 saturated carbocycles. The summed E-state index contributed by atoms with van der Waals surface area (Å²) in [7, 11) is 1.52. The van der Waals surface area contributed by atoms with Crippen molar-refractivity contribution in [1.82, 2.24) is 25.2 Å². The van der Waals surface area contributed by atoms with Gasteiger partial charge in [0.2, 0.25) is 11.8 Å². The van der Waals surface area contributed by atoms with E-state index < -0.39 is 29.7 Å². The van der Waals surface area contributed by atoms with Crippen molar-refractivity contribution in [2.75, 3.05) is 13.6 Å². The SMILES string of the molecule is CNC(=O)[C@H]1C[C@H](O)CN1C(=O)[C@@H](n1cc(CC(O)Cc2ccccc2)nn1)C(C)(C)C. The fraction of sp³-hybridized carbons (Fsp3) is 0.565. The standard InChI is InChI=1S/C23H33N5O4/c1-23(2,3)20(22(32)27-14-18(30)12-19(27)21(31)24-4)28-13-16(25-26-28)11-17(29)10-15-8-6-5-7-9-15/h5-9,13,17-20,29-30H,10-12,14H2,1-4H3,(H,24,31)/t17?,18-,19+,20+/m0/s1. The van der Waals surface area contributed by atoms with Crippen LogP contribution in [0, 0.1) is 5.41 Å². The molecular formula is C23H33N5O4. The van der Waals surface area contributed by atoms with Crippen LogP contribution in [0.3, 0.4) is 0 Å². The molecule has 0 spiro atoms. The van der Waals surface area contributed by atoms with Gasteiger partial charge in [-0.1, -0.05) is 56.3 Å². The lowest BCUT2D eigenvalue weighted by Gasteiger charge is -2.34. The molecule has 9 heteroatoms. The summed E-state index contributed by atoms with van der Waals surface area (Å²) in [5.74, 6) is -0.588. The normalized spacial score (nSPS) is 20.8. The Hall–Kier alpha value is -2.78. The lowest BCUT2D eigenvalue weighted by molar-refractivity contribution is -0.144. The minimum atomic E-state index is -0.749. The quantitative estimate of drug-likeness (QED) is 0.580. The zero-order chi connectivity index (χ0) is 23.5. The van der Waals surface area contributed by atoms with Gasteiger partial charge in [0.25, 0.3) is 0 Å². The molecule has 0 radical (unpaired) electrons. The van der Waals surface area contributed by atoms with Crippen LogP contribution in [0.25, 0.3) is 0 Å². The summed E-state index contributed by atoms with van der Waals surface area (Å²) in [6.07, 6.45) is 1.32. The van der Waals surface area contributed by atoms with Crippen molar-refractivity contribution in [3.63, 3.8) is 0 Å². The molecule has 0 aliphatic carbocycles. The molecule has 3 rings (SSSR count). The third-order valence-corrected chi connectivity index (χ3v) is 5.75. The second kappa shape index (κ2) is 9.79. The van der Waals surface area contributed by atoms with Crippen LogP contribution in [-0.2, 0) is 22.4 Å². The molecule has 1 saturated heterocycles. The lowest BCUT2D eigenvalue weighted by Crippen LogP contribution is -2.49. The molecule has 1 aliphatic heterocycles. The molecule has 4 atom stereocenters. The van der Waals surface area contributed by atoms with E-state index >= 15 is 0 Å². The van der Waals surface area contributed by atoms with E-state index in [9.17, 15) is 19.8 Å². The van der Waals surface area contributed by atoms with Crippen LogP contribution in [0.15, 0.2) is 36.5 Å². The minimum Gasteiger partial charge on any atom is -0.392 e. The molecule has 174 valence electrons. The second-order valence-corrected chi connectivity index (χ2v) is 9.52. The zero-order valence-corrected chi connectivity index (χ0v) is 19.1. The predicted octanol–water partition coefficient (Wildman–Crippen LogP) is 0.719. The highest BCUT2D eigenvalue weighted by molar-refractivity contribution is 5.90. The molecule has 0 bridgehead atoms. The van der Waals surface area contributed by atoms with E-state index in [1.807, 2.05) is 51.1 Å². The van der Waals surface area contributed by atoms with Crippen molar-refractivity contribution in [3.8, 4) is 0 Å². The average Bonchev–Trinajstić information content (AvgIpc) is 3.33. The molecule has 1 aliphatic rings. The molecule has 9 nitrogen and oxygen atoms in total. The third kappa shape index (κ3) is 5.52. The number of likely N-dealkylation sites (tertiary alicyclic amines) is 1. The number of nitrogens with zero attached hydrogens (tertiary/aromatic N) is 4. The molecule has 32 heavy (non-hydrogen) atoms. The summed E-state index contributed by atoms with van der Waals surface area (Å²) in [6, 6.07) is 8.27. The highest BCUT2D eigenvalue weighted by Crippen LogP contribution is 2.34. The fourth-order valence-corrected chi connectivity index (χ4v) is 4.24. The summed E-state index contributed by atoms with van der Waals surface area (Å²) in [4.78, 5) is 27.3. The third-order valence-electron chi connectivity index (χ3n) is 5.75. The Bertz CT molecular complexity index is 924. The first-order valence-electron chi connectivity index (χ1n) is 10.9. The number of aliphatic hydroxyl groups is 2. The molecule has 1 fully saturated rings. The van der Waals surface area contributed by atoms with Gasteiger partial charge in [0.15, 0.2) is 0 Å². The van der Waals surface area contributed by atoms with Crippen molar-refractivity contribution in [2.45, 2.75) is 64.3 Å². The Morgan fingerprint density at radius 1 is 1.22 bits per heavy atom. The maximum absolute atomic E-state index is 13.5. The monoisotopic (exact) mass is 443 g/mol. The number of nitrogens with one attached hydrogen (secondary N) is 1. The fourth-order valence-electron chi connectivity index (χ4n) is 4.24. The number of amides is 2. The van der Waals surface area contributed by atoms with Crippen LogP contribution in [0.2, 0.25) is 0 Å². The predicted molar refractivity (Wildman–Crippen MR) is 119 cm³/mol. The number of rotatable bonds is 7. The van der Waals surface area contributed by atoms with E-state index in [2.05, 4.69) is 15.6 Å². The van der Waals surface area contributed by atoms with Gasteiger partial charge in [0, 0.05) is 32.6 Å². The summed E-state index contributed by atoms with van der Waals surface area (Å²) in [5.41, 5.74) is 1.09. The smallest absolute Gasteiger partial charge is 0.248 e. The van der Waals surface area contributed by atoms with Gasteiger partial charge in [-0.05, 0) is 17.4 Å². The molecular weight excluding hydrogens is 410 g/mol. The van der Waals surface area contributed by atoms with Gasteiger partial charge in [-0.3, -0.25) is 9.59 Å². The number of hydrogen-bond acceptors (Lipinski definition) is 6. The maximum atomic E-state index is 13.5. The maximum Gasteiger partial charge on any atom is 0.248 e. The Labute approximate surface area is 188 Å². The number of carbonyl (C=O) groups is 2. The molecule has 3 N–H and O–H groups in total. The largest absolute Gasteiger partial charge is 0.392 e. The Kier molecular flexibility index (Phi) is 7.30. The van der Waals surface area contributed by atoms with Gasteiger partial charge in [0.05, 0.1) is 17.9 Å². The van der Waals surface area contributed by atoms with Gasteiger partial charge in [0.1, 0.15) is 12.1 Å². The van der Waals surface area contributed by atoms with E-state index in [-0.39, 0.29) is 24.8 Å². The highest BCUT2D eigenvalue weighted by atomic mass is 16.3. The molecule has 2 aromatic rings. The molecule has 2 amide bonds. The molecule has 2 heterocycles. The first-order chi connectivity index (χ1) is 15.1. The van der Waals surface area contributed by atoms with Crippen molar-refractivity contribution in [2.24, 2.45) is 5.41 Å². The van der Waals surface area contributed by atoms with Crippen LogP contribution in [0.1, 0.15) is 44.5 Å². The Morgan fingerprint density at radius 3 is 2.53 bits per heavy atom. The van der Waals surface area contributed by atoms with E-state index in [1.54, 1.807) is 6.20 Å². The lowest BCUT2D eigenvalue weighted by atomic mass is 9.85. The highest BCUT2D eigenvalue weighted by Gasteiger charge is 2.45. The Balaban J connectivity index is 1.78. The van der Waals surface area contributed by atoms with Gasteiger partial charge in [-0.15, -0.1) is 5.10 Å². The summed E-state index contributed by atoms with van der Waals surface area (Å²) < 4.78 is 1.51. The van der Waals surface area contributed by atoms with Crippen molar-refractivity contribution in [3.05, 3.63) is 47.8 Å². The summed E-state index contributed by atoms with van der Waals surface area (Å²) >= 11 is 0. The van der Waals surface area contributed by atoms with Crippen LogP contribution >= 0.6 is 0 Å². The van der Waals surface area contributed by atoms with Gasteiger partial charge < -0.3 is 20.4 Å². The number of β-amino-alcohol motifs (C(OH)–C–C–N with tert-alkyl or cyclic N) is 1. The van der Waals surface area contributed by atoms with E-state index in [4.69, 9.17) is 0 Å². The second-order valence-electron chi connectivity index (χ2n) is 9.52. The van der Waals surface area contributed by atoms with Gasteiger partial charge in [-0.2, -0.15) is 0 Å². The minimum absolute atomic E-state index is 0.0981. The molecule has 1 unspecified atom stereocenters. The first-order valence-corrected chi connectivity index (χ1v) is 10.9. The Morgan fingerprint density at radius 2 is 1.91 bits per heavy atom. The van der Waals surface area contributed by atoms with Crippen molar-refractivity contribution < 1.29 is 19.8 Å². The zero-order valence-electron chi connectivity index (χ0n) is 19.1. The number of aliphatic hydroxyl groups excluding tert-OH is 2. The number of aromatic nitrogens is 3.